The molecule has 39 heavy (non-hydrogen) atoms. The van der Waals surface area contributed by atoms with Crippen molar-refractivity contribution in [3.8, 4) is 23.0 Å². The van der Waals surface area contributed by atoms with Crippen LogP contribution in [-0.4, -0.2) is 20.4 Å². The van der Waals surface area contributed by atoms with Gasteiger partial charge < -0.3 is 20.4 Å². The highest BCUT2D eigenvalue weighted by molar-refractivity contribution is 5.45. The summed E-state index contributed by atoms with van der Waals surface area (Å²) in [4.78, 5) is 0. The molecular weight excluding hydrogens is 484 g/mol. The second kappa shape index (κ2) is 11.1. The number of aromatic hydroxyl groups is 4. The Morgan fingerprint density at radius 2 is 1.10 bits per heavy atom. The summed E-state index contributed by atoms with van der Waals surface area (Å²) in [7, 11) is 0. The molecule has 4 nitrogen and oxygen atoms in total. The maximum atomic E-state index is 10.1. The van der Waals surface area contributed by atoms with Crippen LogP contribution in [0.4, 0.5) is 0 Å². The van der Waals surface area contributed by atoms with Gasteiger partial charge in [0.25, 0.3) is 0 Å². The molecule has 5 rings (SSSR count). The molecule has 0 spiro atoms. The lowest BCUT2D eigenvalue weighted by Crippen LogP contribution is -2.43. The molecule has 0 aromatic heterocycles. The maximum Gasteiger partial charge on any atom is 0.115 e. The molecule has 2 unspecified atom stereocenters. The quantitative estimate of drug-likeness (QED) is 0.189. The van der Waals surface area contributed by atoms with Crippen molar-refractivity contribution in [2.75, 3.05) is 0 Å². The summed E-state index contributed by atoms with van der Waals surface area (Å²) in [5.41, 5.74) is 4.35. The molecule has 4 aromatic rings. The Hall–Kier alpha value is -3.92. The predicted molar refractivity (Wildman–Crippen MR) is 155 cm³/mol. The summed E-state index contributed by atoms with van der Waals surface area (Å²) in [5, 5.41) is 40.0. The molecule has 1 fully saturated rings. The number of phenolic OH excluding ortho intramolecular Hbond substituents is 4. The molecule has 202 valence electrons. The highest BCUT2D eigenvalue weighted by Gasteiger charge is 2.46. The summed E-state index contributed by atoms with van der Waals surface area (Å²) < 4.78 is 0. The van der Waals surface area contributed by atoms with Gasteiger partial charge in [-0.15, -0.1) is 0 Å². The third-order valence-corrected chi connectivity index (χ3v) is 9.00. The molecule has 1 aliphatic carbocycles. The van der Waals surface area contributed by atoms with E-state index in [1.165, 1.54) is 22.3 Å². The standard InChI is InChI=1S/C35H38O4/c1-34(26-7-15-31(37)16-8-26,23-21-25-5-13-30(36)14-6-25)24-29-4-2-3-22-35(29,27-9-17-32(38)18-10-27)28-11-19-33(39)20-12-28/h5-20,29,36-39H,2-4,21-24H2,1H3. The highest BCUT2D eigenvalue weighted by Crippen LogP contribution is 2.53. The van der Waals surface area contributed by atoms with Crippen LogP contribution in [0.15, 0.2) is 97.1 Å². The predicted octanol–water partition coefficient (Wildman–Crippen LogP) is 7.97. The molecule has 0 amide bonds. The number of rotatable bonds is 8. The minimum absolute atomic E-state index is 0.174. The third kappa shape index (κ3) is 5.61. The molecule has 4 aromatic carbocycles. The van der Waals surface area contributed by atoms with Gasteiger partial charge in [0.2, 0.25) is 0 Å². The van der Waals surface area contributed by atoms with E-state index >= 15 is 0 Å². The normalized spacial score (nSPS) is 18.3. The number of benzene rings is 4. The lowest BCUT2D eigenvalue weighted by Gasteiger charge is -2.49. The van der Waals surface area contributed by atoms with Crippen LogP contribution in [0.5, 0.6) is 23.0 Å². The van der Waals surface area contributed by atoms with Crippen molar-refractivity contribution in [2.24, 2.45) is 5.92 Å². The fraction of sp³-hybridized carbons (Fsp3) is 0.314. The minimum Gasteiger partial charge on any atom is -0.508 e. The zero-order valence-electron chi connectivity index (χ0n) is 22.6. The Labute approximate surface area is 231 Å². The van der Waals surface area contributed by atoms with Crippen LogP contribution >= 0.6 is 0 Å². The van der Waals surface area contributed by atoms with Gasteiger partial charge in [-0.25, -0.2) is 0 Å². The maximum absolute atomic E-state index is 10.1. The molecule has 2 atom stereocenters. The summed E-state index contributed by atoms with van der Waals surface area (Å²) in [6.07, 6.45) is 7.08. The van der Waals surface area contributed by atoms with Crippen LogP contribution in [0, 0.1) is 5.92 Å². The van der Waals surface area contributed by atoms with Gasteiger partial charge in [-0.2, -0.15) is 0 Å². The van der Waals surface area contributed by atoms with Gasteiger partial charge in [0.1, 0.15) is 23.0 Å². The first-order valence-electron chi connectivity index (χ1n) is 13.9. The Balaban J connectivity index is 1.58. The Morgan fingerprint density at radius 1 is 0.641 bits per heavy atom. The van der Waals surface area contributed by atoms with Crippen LogP contribution in [-0.2, 0) is 17.3 Å². The van der Waals surface area contributed by atoms with Gasteiger partial charge in [-0.3, -0.25) is 0 Å². The second-order valence-electron chi connectivity index (χ2n) is 11.5. The molecule has 4 heteroatoms. The van der Waals surface area contributed by atoms with E-state index in [1.54, 1.807) is 48.5 Å². The largest absolute Gasteiger partial charge is 0.508 e. The molecule has 4 N–H and O–H groups in total. The fourth-order valence-electron chi connectivity index (χ4n) is 6.82. The smallest absolute Gasteiger partial charge is 0.115 e. The summed E-state index contributed by atoms with van der Waals surface area (Å²) in [5.74, 6) is 1.37. The van der Waals surface area contributed by atoms with Crippen LogP contribution < -0.4 is 0 Å². The van der Waals surface area contributed by atoms with E-state index in [-0.39, 0.29) is 33.8 Å². The van der Waals surface area contributed by atoms with Crippen LogP contribution in [0.1, 0.15) is 67.7 Å². The van der Waals surface area contributed by atoms with E-state index in [2.05, 4.69) is 43.3 Å². The molecule has 0 heterocycles. The summed E-state index contributed by atoms with van der Waals surface area (Å²) in [6.45, 7) is 2.34. The van der Waals surface area contributed by atoms with E-state index in [0.717, 1.165) is 44.9 Å². The average Bonchev–Trinajstić information content (AvgIpc) is 2.94. The van der Waals surface area contributed by atoms with Gasteiger partial charge >= 0.3 is 0 Å². The lowest BCUT2D eigenvalue weighted by molar-refractivity contribution is 0.171. The molecule has 0 radical (unpaired) electrons. The molecule has 1 saturated carbocycles. The van der Waals surface area contributed by atoms with Crippen LogP contribution in [0.2, 0.25) is 0 Å². The van der Waals surface area contributed by atoms with Gasteiger partial charge in [0, 0.05) is 5.41 Å². The van der Waals surface area contributed by atoms with Gasteiger partial charge in [-0.05, 0) is 114 Å². The Kier molecular flexibility index (Phi) is 7.56. The number of phenols is 4. The average molecular weight is 523 g/mol. The third-order valence-electron chi connectivity index (χ3n) is 9.00. The zero-order valence-corrected chi connectivity index (χ0v) is 22.6. The van der Waals surface area contributed by atoms with Crippen molar-refractivity contribution in [3.63, 3.8) is 0 Å². The van der Waals surface area contributed by atoms with E-state index in [4.69, 9.17) is 0 Å². The number of hydrogen-bond donors (Lipinski definition) is 4. The first-order valence-corrected chi connectivity index (χ1v) is 13.9. The molecule has 0 aliphatic heterocycles. The number of hydrogen-bond acceptors (Lipinski definition) is 4. The zero-order chi connectivity index (χ0) is 27.5. The first-order chi connectivity index (χ1) is 18.8. The van der Waals surface area contributed by atoms with E-state index in [1.807, 2.05) is 12.1 Å². The van der Waals surface area contributed by atoms with E-state index < -0.39 is 0 Å². The molecular formula is C35H38O4. The van der Waals surface area contributed by atoms with E-state index in [9.17, 15) is 20.4 Å². The second-order valence-corrected chi connectivity index (χ2v) is 11.5. The SMILES string of the molecule is CC(CCc1ccc(O)cc1)(CC1CCCCC1(c1ccc(O)cc1)c1ccc(O)cc1)c1ccc(O)cc1. The summed E-state index contributed by atoms with van der Waals surface area (Å²) >= 11 is 0. The first kappa shape index (κ1) is 26.7. The molecule has 0 bridgehead atoms. The lowest BCUT2D eigenvalue weighted by atomic mass is 9.55. The monoisotopic (exact) mass is 522 g/mol. The van der Waals surface area contributed by atoms with Gasteiger partial charge in [0.05, 0.1) is 0 Å². The topological polar surface area (TPSA) is 80.9 Å². The molecule has 0 saturated heterocycles. The summed E-state index contributed by atoms with van der Waals surface area (Å²) in [6, 6.07) is 30.5. The number of aryl methyl sites for hydroxylation is 1. The van der Waals surface area contributed by atoms with Crippen molar-refractivity contribution in [1.82, 2.24) is 0 Å². The van der Waals surface area contributed by atoms with E-state index in [0.29, 0.717) is 5.92 Å². The fourth-order valence-corrected chi connectivity index (χ4v) is 6.82. The highest BCUT2D eigenvalue weighted by atomic mass is 16.3. The Bertz CT molecular complexity index is 1310. The Morgan fingerprint density at radius 3 is 1.62 bits per heavy atom. The van der Waals surface area contributed by atoms with Crippen LogP contribution in [0.3, 0.4) is 0 Å². The van der Waals surface area contributed by atoms with Crippen LogP contribution in [0.25, 0.3) is 0 Å². The van der Waals surface area contributed by atoms with Crippen molar-refractivity contribution in [2.45, 2.75) is 62.7 Å². The molecule has 1 aliphatic rings. The van der Waals surface area contributed by atoms with Crippen molar-refractivity contribution < 1.29 is 20.4 Å². The minimum atomic E-state index is -0.254. The van der Waals surface area contributed by atoms with Gasteiger partial charge in [-0.1, -0.05) is 68.3 Å². The van der Waals surface area contributed by atoms with Crippen molar-refractivity contribution in [1.29, 1.82) is 0 Å². The van der Waals surface area contributed by atoms with Crippen molar-refractivity contribution in [3.05, 3.63) is 119 Å². The van der Waals surface area contributed by atoms with Gasteiger partial charge in [0.15, 0.2) is 0 Å². The van der Waals surface area contributed by atoms with Crippen molar-refractivity contribution >= 4 is 0 Å².